The molecular formula is C25H36N6O2. The third-order valence-electron chi connectivity index (χ3n) is 6.63. The summed E-state index contributed by atoms with van der Waals surface area (Å²) >= 11 is 0. The van der Waals surface area contributed by atoms with Gasteiger partial charge in [-0.25, -0.2) is 4.68 Å². The maximum atomic E-state index is 13.1. The van der Waals surface area contributed by atoms with Gasteiger partial charge in [-0.3, -0.25) is 9.69 Å². The summed E-state index contributed by atoms with van der Waals surface area (Å²) in [6.07, 6.45) is 3.09. The highest BCUT2D eigenvalue weighted by Crippen LogP contribution is 2.29. The molecule has 1 saturated heterocycles. The molecule has 8 nitrogen and oxygen atoms in total. The number of rotatable bonds is 7. The standard InChI is InChI=1S/C25H36N6O2/c1-7-22(23-27-28-29-31(23)25(4,5)6)30(15-20-9-8-10-33-20)14-19-13-18-11-16(2)17(3)12-21(18)26-24(19)32/h11-13,20,22H,7-10,14-15H2,1-6H3,(H,26,32). The minimum atomic E-state index is -0.239. The van der Waals surface area contributed by atoms with E-state index in [-0.39, 0.29) is 23.2 Å². The first-order valence-corrected chi connectivity index (χ1v) is 11.9. The van der Waals surface area contributed by atoms with Gasteiger partial charge < -0.3 is 9.72 Å². The molecule has 0 amide bonds. The van der Waals surface area contributed by atoms with Crippen LogP contribution >= 0.6 is 0 Å². The van der Waals surface area contributed by atoms with E-state index in [4.69, 9.17) is 4.74 Å². The van der Waals surface area contributed by atoms with Crippen LogP contribution in [0.3, 0.4) is 0 Å². The number of H-pyrrole nitrogens is 1. The van der Waals surface area contributed by atoms with Crippen LogP contribution in [-0.4, -0.2) is 49.3 Å². The summed E-state index contributed by atoms with van der Waals surface area (Å²) in [5.74, 6) is 0.826. The second-order valence-electron chi connectivity index (χ2n) is 10.3. The zero-order valence-corrected chi connectivity index (χ0v) is 20.7. The molecule has 178 valence electrons. The van der Waals surface area contributed by atoms with E-state index < -0.39 is 0 Å². The number of nitrogens with zero attached hydrogens (tertiary/aromatic N) is 5. The summed E-state index contributed by atoms with van der Waals surface area (Å²) in [6, 6.07) is 6.19. The van der Waals surface area contributed by atoms with Gasteiger partial charge in [0, 0.05) is 30.8 Å². The topological polar surface area (TPSA) is 88.9 Å². The second kappa shape index (κ2) is 9.35. The van der Waals surface area contributed by atoms with E-state index in [1.165, 1.54) is 11.1 Å². The SMILES string of the molecule is CCC(c1nnnn1C(C)(C)C)N(Cc1cc2cc(C)c(C)cc2[nH]c1=O)CC1CCCO1. The molecule has 0 saturated carbocycles. The van der Waals surface area contributed by atoms with Gasteiger partial charge in [0.05, 0.1) is 17.7 Å². The molecule has 0 aliphatic carbocycles. The molecule has 0 bridgehead atoms. The fourth-order valence-corrected chi connectivity index (χ4v) is 4.69. The van der Waals surface area contributed by atoms with E-state index in [0.717, 1.165) is 54.7 Å². The van der Waals surface area contributed by atoms with Gasteiger partial charge in [0.15, 0.2) is 5.82 Å². The summed E-state index contributed by atoms with van der Waals surface area (Å²) < 4.78 is 7.88. The van der Waals surface area contributed by atoms with Gasteiger partial charge >= 0.3 is 0 Å². The third kappa shape index (κ3) is 5.01. The predicted molar refractivity (Wildman–Crippen MR) is 129 cm³/mol. The van der Waals surface area contributed by atoms with E-state index in [1.807, 2.05) is 16.8 Å². The summed E-state index contributed by atoms with van der Waals surface area (Å²) in [6.45, 7) is 14.6. The lowest BCUT2D eigenvalue weighted by Gasteiger charge is -2.33. The molecule has 1 aliphatic heterocycles. The van der Waals surface area contributed by atoms with Gasteiger partial charge in [0.2, 0.25) is 0 Å². The fourth-order valence-electron chi connectivity index (χ4n) is 4.69. The lowest BCUT2D eigenvalue weighted by Crippen LogP contribution is -2.39. The second-order valence-corrected chi connectivity index (χ2v) is 10.3. The van der Waals surface area contributed by atoms with Crippen molar-refractivity contribution >= 4 is 10.9 Å². The minimum Gasteiger partial charge on any atom is -0.377 e. The van der Waals surface area contributed by atoms with Gasteiger partial charge in [-0.1, -0.05) is 6.92 Å². The first-order chi connectivity index (χ1) is 15.7. The van der Waals surface area contributed by atoms with Crippen LogP contribution in [0.5, 0.6) is 0 Å². The van der Waals surface area contributed by atoms with Crippen molar-refractivity contribution < 1.29 is 4.74 Å². The third-order valence-corrected chi connectivity index (χ3v) is 6.63. The average Bonchev–Trinajstić information content (AvgIpc) is 3.43. The lowest BCUT2D eigenvalue weighted by molar-refractivity contribution is 0.0478. The van der Waals surface area contributed by atoms with Gasteiger partial charge in [-0.2, -0.15) is 0 Å². The predicted octanol–water partition coefficient (Wildman–Crippen LogP) is 4.02. The fraction of sp³-hybridized carbons (Fsp3) is 0.600. The summed E-state index contributed by atoms with van der Waals surface area (Å²) in [5.41, 5.74) is 3.72. The smallest absolute Gasteiger partial charge is 0.252 e. The molecule has 2 atom stereocenters. The Balaban J connectivity index is 1.73. The average molecular weight is 453 g/mol. The molecule has 3 heterocycles. The van der Waals surface area contributed by atoms with Gasteiger partial charge in [-0.05, 0) is 99.0 Å². The first-order valence-electron chi connectivity index (χ1n) is 11.9. The van der Waals surface area contributed by atoms with Gasteiger partial charge in [0.25, 0.3) is 5.56 Å². The molecule has 8 heteroatoms. The zero-order valence-electron chi connectivity index (χ0n) is 20.7. The van der Waals surface area contributed by atoms with Crippen LogP contribution in [-0.2, 0) is 16.8 Å². The molecule has 1 aromatic carbocycles. The zero-order chi connectivity index (χ0) is 23.8. The van der Waals surface area contributed by atoms with Crippen molar-refractivity contribution in [2.24, 2.45) is 0 Å². The number of nitrogens with one attached hydrogen (secondary N) is 1. The van der Waals surface area contributed by atoms with E-state index in [0.29, 0.717) is 6.54 Å². The number of benzene rings is 1. The molecule has 0 spiro atoms. The normalized spacial score (nSPS) is 17.8. The number of hydrogen-bond donors (Lipinski definition) is 1. The quantitative estimate of drug-likeness (QED) is 0.582. The highest BCUT2D eigenvalue weighted by atomic mass is 16.5. The Morgan fingerprint density at radius 2 is 2.00 bits per heavy atom. The number of tetrazole rings is 1. The van der Waals surface area contributed by atoms with Crippen LogP contribution in [0.1, 0.15) is 75.5 Å². The molecule has 4 rings (SSSR count). The number of aryl methyl sites for hydroxylation is 2. The Kier molecular flexibility index (Phi) is 6.68. The minimum absolute atomic E-state index is 0.0294. The van der Waals surface area contributed by atoms with Crippen LogP contribution in [0.25, 0.3) is 10.9 Å². The Labute approximate surface area is 195 Å². The van der Waals surface area contributed by atoms with Crippen molar-refractivity contribution in [3.05, 3.63) is 51.1 Å². The number of ether oxygens (including phenoxy) is 1. The maximum absolute atomic E-state index is 13.1. The molecular weight excluding hydrogens is 416 g/mol. The molecule has 1 N–H and O–H groups in total. The highest BCUT2D eigenvalue weighted by molar-refractivity contribution is 5.80. The van der Waals surface area contributed by atoms with Crippen molar-refractivity contribution in [3.63, 3.8) is 0 Å². The van der Waals surface area contributed by atoms with Crippen molar-refractivity contribution in [2.75, 3.05) is 13.2 Å². The summed E-state index contributed by atoms with van der Waals surface area (Å²) in [4.78, 5) is 18.5. The van der Waals surface area contributed by atoms with Crippen LogP contribution in [0.15, 0.2) is 23.0 Å². The van der Waals surface area contributed by atoms with Crippen molar-refractivity contribution in [2.45, 2.75) is 85.0 Å². The monoisotopic (exact) mass is 452 g/mol. The lowest BCUT2D eigenvalue weighted by atomic mass is 10.0. The Morgan fingerprint density at radius 3 is 2.67 bits per heavy atom. The Morgan fingerprint density at radius 1 is 1.24 bits per heavy atom. The summed E-state index contributed by atoms with van der Waals surface area (Å²) in [5, 5.41) is 13.7. The molecule has 0 radical (unpaired) electrons. The number of aromatic amines is 1. The molecule has 3 aromatic rings. The highest BCUT2D eigenvalue weighted by Gasteiger charge is 2.31. The van der Waals surface area contributed by atoms with Gasteiger partial charge in [-0.15, -0.1) is 5.10 Å². The largest absolute Gasteiger partial charge is 0.377 e. The Hall–Kier alpha value is -2.58. The maximum Gasteiger partial charge on any atom is 0.252 e. The number of hydrogen-bond acceptors (Lipinski definition) is 6. The number of aromatic nitrogens is 5. The molecule has 1 fully saturated rings. The Bertz CT molecular complexity index is 1170. The van der Waals surface area contributed by atoms with Crippen LogP contribution < -0.4 is 5.56 Å². The number of fused-ring (bicyclic) bond motifs is 1. The van der Waals surface area contributed by atoms with Crippen molar-refractivity contribution in [1.29, 1.82) is 0 Å². The van der Waals surface area contributed by atoms with E-state index in [2.05, 4.69) is 73.0 Å². The van der Waals surface area contributed by atoms with Crippen LogP contribution in [0.4, 0.5) is 0 Å². The first kappa shape index (κ1) is 23.6. The van der Waals surface area contributed by atoms with E-state index >= 15 is 0 Å². The molecule has 2 aromatic heterocycles. The number of pyridine rings is 1. The van der Waals surface area contributed by atoms with E-state index in [1.54, 1.807) is 0 Å². The van der Waals surface area contributed by atoms with Crippen LogP contribution in [0.2, 0.25) is 0 Å². The summed E-state index contributed by atoms with van der Waals surface area (Å²) in [7, 11) is 0. The van der Waals surface area contributed by atoms with Crippen LogP contribution in [0, 0.1) is 13.8 Å². The molecule has 1 aliphatic rings. The van der Waals surface area contributed by atoms with Gasteiger partial charge in [0.1, 0.15) is 0 Å². The van der Waals surface area contributed by atoms with Crippen molar-refractivity contribution in [1.82, 2.24) is 30.1 Å². The van der Waals surface area contributed by atoms with E-state index in [9.17, 15) is 4.79 Å². The van der Waals surface area contributed by atoms with Crippen molar-refractivity contribution in [3.8, 4) is 0 Å². The molecule has 2 unspecified atom stereocenters. The molecule has 33 heavy (non-hydrogen) atoms.